The van der Waals surface area contributed by atoms with Crippen molar-refractivity contribution in [2.45, 2.75) is 25.8 Å². The smallest absolute Gasteiger partial charge is 0.337 e. The first kappa shape index (κ1) is 14.2. The van der Waals surface area contributed by atoms with E-state index in [4.69, 9.17) is 9.84 Å². The van der Waals surface area contributed by atoms with E-state index in [2.05, 4.69) is 17.6 Å². The Morgan fingerprint density at radius 2 is 2.05 bits per heavy atom. The number of ether oxygens (including phenoxy) is 1. The van der Waals surface area contributed by atoms with Crippen LogP contribution >= 0.6 is 0 Å². The third-order valence-electron chi connectivity index (χ3n) is 3.41. The summed E-state index contributed by atoms with van der Waals surface area (Å²) in [5.41, 5.74) is 0.254. The minimum atomic E-state index is -1.10. The second-order valence-corrected chi connectivity index (χ2v) is 5.09. The van der Waals surface area contributed by atoms with Gasteiger partial charge in [0.05, 0.1) is 18.4 Å². The highest BCUT2D eigenvalue weighted by Gasteiger charge is 2.26. The van der Waals surface area contributed by atoms with E-state index in [0.717, 1.165) is 12.8 Å². The van der Waals surface area contributed by atoms with Crippen molar-refractivity contribution < 1.29 is 19.4 Å². The van der Waals surface area contributed by atoms with E-state index < -0.39 is 12.0 Å². The second kappa shape index (κ2) is 5.81. The van der Waals surface area contributed by atoms with Gasteiger partial charge < -0.3 is 20.5 Å². The van der Waals surface area contributed by atoms with E-state index >= 15 is 0 Å². The lowest BCUT2D eigenvalue weighted by Crippen LogP contribution is -2.45. The molecular formula is C14H18N2O4. The van der Waals surface area contributed by atoms with Gasteiger partial charge in [-0.05, 0) is 30.9 Å². The Morgan fingerprint density at radius 3 is 2.60 bits per heavy atom. The van der Waals surface area contributed by atoms with Crippen LogP contribution in [0, 0.1) is 5.92 Å². The Kier molecular flexibility index (Phi) is 4.12. The van der Waals surface area contributed by atoms with Crippen molar-refractivity contribution in [3.05, 3.63) is 23.8 Å². The lowest BCUT2D eigenvalue weighted by molar-refractivity contribution is 0.0698. The molecule has 1 aliphatic rings. The first-order valence-corrected chi connectivity index (χ1v) is 6.48. The van der Waals surface area contributed by atoms with Gasteiger partial charge in [-0.3, -0.25) is 0 Å². The Balaban J connectivity index is 2.06. The van der Waals surface area contributed by atoms with E-state index in [-0.39, 0.29) is 17.3 Å². The third-order valence-corrected chi connectivity index (χ3v) is 3.41. The number of carboxylic acids is 1. The van der Waals surface area contributed by atoms with Gasteiger partial charge in [-0.2, -0.15) is 0 Å². The summed E-state index contributed by atoms with van der Waals surface area (Å²) in [6.07, 6.45) is 1.91. The van der Waals surface area contributed by atoms with Crippen molar-refractivity contribution in [3.8, 4) is 5.75 Å². The predicted molar refractivity (Wildman–Crippen MR) is 74.3 cm³/mol. The normalized spacial score (nSPS) is 20.7. The number of anilines is 1. The van der Waals surface area contributed by atoms with Crippen molar-refractivity contribution in [1.29, 1.82) is 0 Å². The number of carboxylic acid groups (broad SMARTS) is 1. The van der Waals surface area contributed by atoms with Crippen molar-refractivity contribution in [2.24, 2.45) is 5.92 Å². The lowest BCUT2D eigenvalue weighted by Gasteiger charge is -2.33. The van der Waals surface area contributed by atoms with Gasteiger partial charge in [0.1, 0.15) is 5.75 Å². The standard InChI is InChI=1S/C14H18N2O4/c1-8-5-9(6-8)15-14(19)16-12-7-10(20-2)3-4-11(12)13(17)18/h3-4,7-9H,5-6H2,1-2H3,(H,17,18)(H2,15,16,19). The number of aromatic carboxylic acids is 1. The van der Waals surface area contributed by atoms with Crippen LogP contribution in [0.1, 0.15) is 30.1 Å². The average molecular weight is 278 g/mol. The zero-order valence-electron chi connectivity index (χ0n) is 11.5. The van der Waals surface area contributed by atoms with Crippen LogP contribution in [0.25, 0.3) is 0 Å². The molecular weight excluding hydrogens is 260 g/mol. The highest BCUT2D eigenvalue weighted by Crippen LogP contribution is 2.27. The molecule has 0 saturated heterocycles. The summed E-state index contributed by atoms with van der Waals surface area (Å²) >= 11 is 0. The summed E-state index contributed by atoms with van der Waals surface area (Å²) in [5, 5.41) is 14.5. The molecule has 2 rings (SSSR count). The molecule has 3 N–H and O–H groups in total. The molecule has 0 spiro atoms. The molecule has 1 aliphatic carbocycles. The van der Waals surface area contributed by atoms with Crippen molar-refractivity contribution >= 4 is 17.7 Å². The van der Waals surface area contributed by atoms with Gasteiger partial charge in [-0.25, -0.2) is 9.59 Å². The molecule has 20 heavy (non-hydrogen) atoms. The second-order valence-electron chi connectivity index (χ2n) is 5.09. The molecule has 1 saturated carbocycles. The van der Waals surface area contributed by atoms with Gasteiger partial charge in [-0.1, -0.05) is 6.92 Å². The van der Waals surface area contributed by atoms with Gasteiger partial charge in [0.15, 0.2) is 0 Å². The number of nitrogens with one attached hydrogen (secondary N) is 2. The number of methoxy groups -OCH3 is 1. The molecule has 1 aromatic carbocycles. The fourth-order valence-corrected chi connectivity index (χ4v) is 2.30. The topological polar surface area (TPSA) is 87.7 Å². The van der Waals surface area contributed by atoms with Crippen LogP contribution in [0.4, 0.5) is 10.5 Å². The summed E-state index contributed by atoms with van der Waals surface area (Å²) in [5.74, 6) is 0.0227. The van der Waals surface area contributed by atoms with Crippen molar-refractivity contribution in [2.75, 3.05) is 12.4 Å². The number of hydrogen-bond donors (Lipinski definition) is 3. The first-order chi connectivity index (χ1) is 9.49. The number of urea groups is 1. The molecule has 0 aliphatic heterocycles. The van der Waals surface area contributed by atoms with Gasteiger partial charge in [0.2, 0.25) is 0 Å². The summed E-state index contributed by atoms with van der Waals surface area (Å²) in [6, 6.07) is 4.22. The number of amides is 2. The molecule has 1 aromatic rings. The number of benzene rings is 1. The number of carbonyl (C=O) groups excluding carboxylic acids is 1. The van der Waals surface area contributed by atoms with Crippen LogP contribution in [0.15, 0.2) is 18.2 Å². The molecule has 1 fully saturated rings. The molecule has 0 radical (unpaired) electrons. The minimum Gasteiger partial charge on any atom is -0.497 e. The van der Waals surface area contributed by atoms with Crippen LogP contribution in [0.5, 0.6) is 5.75 Å². The van der Waals surface area contributed by atoms with Gasteiger partial charge in [0, 0.05) is 12.1 Å². The maximum absolute atomic E-state index is 11.8. The maximum atomic E-state index is 11.8. The molecule has 0 bridgehead atoms. The largest absolute Gasteiger partial charge is 0.497 e. The molecule has 0 aromatic heterocycles. The first-order valence-electron chi connectivity index (χ1n) is 6.48. The summed E-state index contributed by atoms with van der Waals surface area (Å²) in [4.78, 5) is 23.0. The number of carbonyl (C=O) groups is 2. The monoisotopic (exact) mass is 278 g/mol. The zero-order chi connectivity index (χ0) is 14.7. The van der Waals surface area contributed by atoms with Crippen molar-refractivity contribution in [3.63, 3.8) is 0 Å². The third kappa shape index (κ3) is 3.20. The predicted octanol–water partition coefficient (Wildman–Crippen LogP) is 2.31. The van der Waals surface area contributed by atoms with Gasteiger partial charge >= 0.3 is 12.0 Å². The average Bonchev–Trinajstić information content (AvgIpc) is 2.36. The molecule has 0 unspecified atom stereocenters. The molecule has 0 atom stereocenters. The fraction of sp³-hybridized carbons (Fsp3) is 0.429. The van der Waals surface area contributed by atoms with Gasteiger partial charge in [-0.15, -0.1) is 0 Å². The molecule has 6 heteroatoms. The molecule has 2 amide bonds. The molecule has 6 nitrogen and oxygen atoms in total. The Morgan fingerprint density at radius 1 is 1.35 bits per heavy atom. The number of hydrogen-bond acceptors (Lipinski definition) is 3. The van der Waals surface area contributed by atoms with Crippen LogP contribution in [0.2, 0.25) is 0 Å². The Labute approximate surface area is 117 Å². The van der Waals surface area contributed by atoms with E-state index in [0.29, 0.717) is 11.7 Å². The quantitative estimate of drug-likeness (QED) is 0.788. The SMILES string of the molecule is COc1ccc(C(=O)O)c(NC(=O)NC2CC(C)C2)c1. The summed E-state index contributed by atoms with van der Waals surface area (Å²) in [6.45, 7) is 2.13. The van der Waals surface area contributed by atoms with E-state index in [1.165, 1.54) is 19.2 Å². The number of rotatable bonds is 4. The highest BCUT2D eigenvalue weighted by atomic mass is 16.5. The summed E-state index contributed by atoms with van der Waals surface area (Å²) < 4.78 is 5.03. The van der Waals surface area contributed by atoms with Crippen LogP contribution in [-0.2, 0) is 0 Å². The molecule has 108 valence electrons. The zero-order valence-corrected chi connectivity index (χ0v) is 11.5. The lowest BCUT2D eigenvalue weighted by atomic mass is 9.82. The van der Waals surface area contributed by atoms with Crippen molar-refractivity contribution in [1.82, 2.24) is 5.32 Å². The van der Waals surface area contributed by atoms with Gasteiger partial charge in [0.25, 0.3) is 0 Å². The van der Waals surface area contributed by atoms with E-state index in [1.807, 2.05) is 0 Å². The van der Waals surface area contributed by atoms with E-state index in [9.17, 15) is 9.59 Å². The van der Waals surface area contributed by atoms with Crippen LogP contribution in [0.3, 0.4) is 0 Å². The Hall–Kier alpha value is -2.24. The maximum Gasteiger partial charge on any atom is 0.337 e. The summed E-state index contributed by atoms with van der Waals surface area (Å²) in [7, 11) is 1.48. The van der Waals surface area contributed by atoms with Crippen LogP contribution < -0.4 is 15.4 Å². The van der Waals surface area contributed by atoms with E-state index in [1.54, 1.807) is 6.07 Å². The van der Waals surface area contributed by atoms with Crippen LogP contribution in [-0.4, -0.2) is 30.3 Å². The fourth-order valence-electron chi connectivity index (χ4n) is 2.30. The highest BCUT2D eigenvalue weighted by molar-refractivity contribution is 6.00. The Bertz CT molecular complexity index is 524. The molecule has 0 heterocycles. The minimum absolute atomic E-state index is 0.0305.